The molecule has 0 aromatic rings. The third kappa shape index (κ3) is 31.5. The molecule has 2 aliphatic rings. The van der Waals surface area contributed by atoms with Crippen molar-refractivity contribution >= 4 is 48.1 Å². The number of carboxylic acid groups (broad SMARTS) is 2. The largest absolute Gasteiger partial charge is 0.481 e. The average Bonchev–Trinajstić information content (AvgIpc) is 3.32. The molecule has 4 N–H and O–H groups in total. The van der Waals surface area contributed by atoms with E-state index in [2.05, 4.69) is 19.6 Å². The van der Waals surface area contributed by atoms with Gasteiger partial charge in [0.1, 0.15) is 6.10 Å². The van der Waals surface area contributed by atoms with E-state index >= 15 is 0 Å². The van der Waals surface area contributed by atoms with Crippen LogP contribution in [-0.4, -0.2) is 236 Å². The van der Waals surface area contributed by atoms with Crippen LogP contribution in [0.5, 0.6) is 0 Å². The molecule has 396 valence electrons. The number of hydrogen-bond donors (Lipinski definition) is 5. The molecule has 22 heteroatoms. The number of carbonyl (C=O) groups is 2. The van der Waals surface area contributed by atoms with Gasteiger partial charge in [0.2, 0.25) is 0 Å². The number of aliphatic hydroxyl groups excluding tert-OH is 2. The molecule has 2 fully saturated rings. The maximum atomic E-state index is 11.7. The first-order chi connectivity index (χ1) is 32.4. The first-order valence-electron chi connectivity index (χ1n) is 23.8. The summed E-state index contributed by atoms with van der Waals surface area (Å²) in [7, 11) is 0. The second kappa shape index (κ2) is 39.9. The minimum atomic E-state index is -1.73. The standard InChI is InChI=1S/C45H84O19S3/c1-4-5-11-52-13-15-54-17-19-56-21-23-58-24-22-57-20-18-55-16-14-53-12-6-25-66-33-37(47)27-60-41(29-62-39-30-63-45(3,43(50)51)64-31-39)35-67-34-40(59-26-36(46)32-65)28-61-38-7-9-44(2,10-8-38)42(48)49/h36-41,46-47,65H,4-35H2,1-3H3,(H,48,49)(H,50,51). The van der Waals surface area contributed by atoms with E-state index in [1.165, 1.54) is 6.92 Å². The molecule has 4 atom stereocenters. The number of thiol groups is 1. The second-order valence-electron chi connectivity index (χ2n) is 16.7. The highest BCUT2D eigenvalue weighted by atomic mass is 32.2. The van der Waals surface area contributed by atoms with E-state index in [4.69, 9.17) is 61.6 Å². The molecule has 0 spiro atoms. The quantitative estimate of drug-likeness (QED) is 0.0434. The van der Waals surface area contributed by atoms with E-state index < -0.39 is 47.6 Å². The van der Waals surface area contributed by atoms with Crippen LogP contribution in [-0.2, 0) is 71.2 Å². The monoisotopic (exact) mass is 1020 g/mol. The summed E-state index contributed by atoms with van der Waals surface area (Å²) in [6.07, 6.45) is 2.52. The van der Waals surface area contributed by atoms with E-state index in [0.29, 0.717) is 129 Å². The SMILES string of the molecule is CCCCOCCOCCOCCOCCOCCOCCOCCCSCC(O)COC(COC1COC(C)(C(=O)O)OC1)CSCC(COC1CCC(C)(C(=O)O)CC1)OCC(O)CS. The first-order valence-corrected chi connectivity index (χ1v) is 26.7. The lowest BCUT2D eigenvalue weighted by Crippen LogP contribution is -2.50. The van der Waals surface area contributed by atoms with Crippen molar-refractivity contribution in [1.82, 2.24) is 0 Å². The lowest BCUT2D eigenvalue weighted by Gasteiger charge is -2.34. The molecule has 0 aromatic heterocycles. The van der Waals surface area contributed by atoms with E-state index in [9.17, 15) is 30.0 Å². The minimum absolute atomic E-state index is 0.0313. The van der Waals surface area contributed by atoms with Gasteiger partial charge in [-0.25, -0.2) is 4.79 Å². The molecular formula is C45H84O19S3. The van der Waals surface area contributed by atoms with Gasteiger partial charge in [0.05, 0.1) is 155 Å². The lowest BCUT2D eigenvalue weighted by molar-refractivity contribution is -0.285. The van der Waals surface area contributed by atoms with Gasteiger partial charge >= 0.3 is 11.9 Å². The minimum Gasteiger partial charge on any atom is -0.481 e. The molecule has 19 nitrogen and oxygen atoms in total. The number of hydrogen-bond acceptors (Lipinski definition) is 20. The van der Waals surface area contributed by atoms with Crippen LogP contribution in [0.4, 0.5) is 0 Å². The first kappa shape index (κ1) is 62.5. The predicted octanol–water partition coefficient (Wildman–Crippen LogP) is 3.46. The fourth-order valence-electron chi connectivity index (χ4n) is 6.27. The van der Waals surface area contributed by atoms with E-state index in [1.807, 2.05) is 0 Å². The van der Waals surface area contributed by atoms with Crippen molar-refractivity contribution in [3.8, 4) is 0 Å². The molecule has 67 heavy (non-hydrogen) atoms. The number of aliphatic carboxylic acids is 2. The Morgan fingerprint density at radius 2 is 1.03 bits per heavy atom. The van der Waals surface area contributed by atoms with Crippen LogP contribution in [0.1, 0.15) is 65.7 Å². The average molecular weight is 1030 g/mol. The summed E-state index contributed by atoms with van der Waals surface area (Å²) in [6, 6.07) is 0. The van der Waals surface area contributed by atoms with Gasteiger partial charge in [-0.15, -0.1) is 0 Å². The molecule has 0 radical (unpaired) electrons. The number of unbranched alkanes of at least 4 members (excludes halogenated alkanes) is 1. The zero-order valence-corrected chi connectivity index (χ0v) is 42.8. The zero-order valence-electron chi connectivity index (χ0n) is 40.3. The van der Waals surface area contributed by atoms with Gasteiger partial charge in [-0.2, -0.15) is 36.2 Å². The Morgan fingerprint density at radius 3 is 1.46 bits per heavy atom. The number of aliphatic hydroxyl groups is 2. The molecule has 0 bridgehead atoms. The zero-order chi connectivity index (χ0) is 48.9. The van der Waals surface area contributed by atoms with Gasteiger partial charge in [0, 0.05) is 43.1 Å². The third-order valence-corrected chi connectivity index (χ3v) is 13.5. The summed E-state index contributed by atoms with van der Waals surface area (Å²) in [5.41, 5.74) is -0.740. The topological polar surface area (TPSA) is 235 Å². The fourth-order valence-corrected chi connectivity index (χ4v) is 8.28. The summed E-state index contributed by atoms with van der Waals surface area (Å²) < 4.78 is 73.9. The van der Waals surface area contributed by atoms with Crippen LogP contribution in [0, 0.1) is 5.41 Å². The Kier molecular flexibility index (Phi) is 37.3. The fraction of sp³-hybridized carbons (Fsp3) is 0.956. The van der Waals surface area contributed by atoms with Crippen LogP contribution < -0.4 is 0 Å². The van der Waals surface area contributed by atoms with Gasteiger partial charge in [0.25, 0.3) is 5.79 Å². The van der Waals surface area contributed by atoms with Crippen LogP contribution in [0.15, 0.2) is 0 Å². The van der Waals surface area contributed by atoms with Gasteiger partial charge < -0.3 is 82.0 Å². The molecule has 4 unspecified atom stereocenters. The molecular weight excluding hydrogens is 941 g/mol. The lowest BCUT2D eigenvalue weighted by atomic mass is 9.75. The number of rotatable bonds is 46. The number of carboxylic acids is 2. The Morgan fingerprint density at radius 1 is 0.597 bits per heavy atom. The molecule has 1 aliphatic carbocycles. The Balaban J connectivity index is 1.58. The van der Waals surface area contributed by atoms with Crippen molar-refractivity contribution in [2.75, 3.05) is 161 Å². The summed E-state index contributed by atoms with van der Waals surface area (Å²) >= 11 is 7.31. The van der Waals surface area contributed by atoms with E-state index in [1.54, 1.807) is 30.4 Å². The predicted molar refractivity (Wildman–Crippen MR) is 257 cm³/mol. The van der Waals surface area contributed by atoms with Gasteiger partial charge in [-0.05, 0) is 51.2 Å². The molecule has 2 rings (SSSR count). The maximum Gasteiger partial charge on any atom is 0.364 e. The maximum absolute atomic E-state index is 11.7. The van der Waals surface area contributed by atoms with Crippen molar-refractivity contribution in [3.63, 3.8) is 0 Å². The highest BCUT2D eigenvalue weighted by Gasteiger charge is 2.41. The highest BCUT2D eigenvalue weighted by Crippen LogP contribution is 2.37. The summed E-state index contributed by atoms with van der Waals surface area (Å²) in [5.74, 6) is -1.23. The van der Waals surface area contributed by atoms with Gasteiger partial charge in [-0.3, -0.25) is 4.79 Å². The third-order valence-electron chi connectivity index (χ3n) is 10.7. The Labute approximate surface area is 412 Å². The van der Waals surface area contributed by atoms with Crippen molar-refractivity contribution in [1.29, 1.82) is 0 Å². The van der Waals surface area contributed by atoms with Crippen molar-refractivity contribution in [3.05, 3.63) is 0 Å². The number of thioether (sulfide) groups is 2. The smallest absolute Gasteiger partial charge is 0.364 e. The summed E-state index contributed by atoms with van der Waals surface area (Å²) in [4.78, 5) is 23.2. The number of ether oxygens (including phenoxy) is 13. The molecule has 1 saturated heterocycles. The van der Waals surface area contributed by atoms with Crippen LogP contribution in [0.3, 0.4) is 0 Å². The van der Waals surface area contributed by atoms with Crippen molar-refractivity contribution in [2.24, 2.45) is 5.41 Å². The molecule has 1 saturated carbocycles. The van der Waals surface area contributed by atoms with Crippen LogP contribution in [0.2, 0.25) is 0 Å². The molecule has 0 amide bonds. The molecule has 1 heterocycles. The Hall–Kier alpha value is -0.610. The highest BCUT2D eigenvalue weighted by molar-refractivity contribution is 7.99. The van der Waals surface area contributed by atoms with Crippen LogP contribution >= 0.6 is 36.2 Å². The van der Waals surface area contributed by atoms with Gasteiger partial charge in [-0.1, -0.05) is 13.3 Å². The second-order valence-corrected chi connectivity index (χ2v) is 19.3. The Bertz CT molecular complexity index is 1200. The molecule has 0 aromatic carbocycles. The summed E-state index contributed by atoms with van der Waals surface area (Å²) in [6.45, 7) is 13.4. The van der Waals surface area contributed by atoms with Crippen molar-refractivity contribution in [2.45, 2.75) is 108 Å². The van der Waals surface area contributed by atoms with E-state index in [-0.39, 0.29) is 57.6 Å². The van der Waals surface area contributed by atoms with E-state index in [0.717, 1.165) is 31.6 Å². The van der Waals surface area contributed by atoms with Gasteiger partial charge in [0.15, 0.2) is 0 Å². The molecule has 1 aliphatic heterocycles. The summed E-state index contributed by atoms with van der Waals surface area (Å²) in [5, 5.41) is 39.9. The normalized spacial score (nSPS) is 23.0. The van der Waals surface area contributed by atoms with Crippen LogP contribution in [0.25, 0.3) is 0 Å². The van der Waals surface area contributed by atoms with Crippen molar-refractivity contribution < 1.29 is 91.6 Å².